The summed E-state index contributed by atoms with van der Waals surface area (Å²) in [5.41, 5.74) is 0. The molecule has 2 fully saturated rings. The molecule has 1 saturated carbocycles. The summed E-state index contributed by atoms with van der Waals surface area (Å²) in [6.45, 7) is 8.59. The molecule has 1 saturated heterocycles. The van der Waals surface area contributed by atoms with E-state index >= 15 is 0 Å². The molecule has 0 aromatic heterocycles. The minimum atomic E-state index is 0.180. The van der Waals surface area contributed by atoms with Crippen molar-refractivity contribution in [1.29, 1.82) is 0 Å². The Bertz CT molecular complexity index is 279. The van der Waals surface area contributed by atoms with Crippen LogP contribution in [0.3, 0.4) is 0 Å². The molecule has 98 valence electrons. The molecule has 2 aliphatic rings. The molecule has 0 aromatic carbocycles. The maximum atomic E-state index is 12.2. The van der Waals surface area contributed by atoms with Crippen LogP contribution in [0, 0.1) is 23.7 Å². The Morgan fingerprint density at radius 1 is 1.12 bits per heavy atom. The van der Waals surface area contributed by atoms with Gasteiger partial charge in [-0.25, -0.2) is 0 Å². The molecule has 1 amide bonds. The van der Waals surface area contributed by atoms with Crippen molar-refractivity contribution in [2.24, 2.45) is 23.7 Å². The zero-order valence-corrected chi connectivity index (χ0v) is 11.3. The lowest BCUT2D eigenvalue weighted by Crippen LogP contribution is -2.47. The van der Waals surface area contributed by atoms with Gasteiger partial charge in [0.15, 0.2) is 0 Å². The van der Waals surface area contributed by atoms with E-state index in [-0.39, 0.29) is 11.8 Å². The summed E-state index contributed by atoms with van der Waals surface area (Å²) in [6, 6.07) is 0.402. The minimum absolute atomic E-state index is 0.180. The average Bonchev–Trinajstić information content (AvgIpc) is 2.71. The lowest BCUT2D eigenvalue weighted by molar-refractivity contribution is -0.126. The number of hydrogen-bond acceptors (Lipinski definition) is 2. The van der Waals surface area contributed by atoms with Gasteiger partial charge in [0.25, 0.3) is 0 Å². The Balaban J connectivity index is 1.89. The molecule has 2 N–H and O–H groups in total. The Morgan fingerprint density at radius 3 is 2.53 bits per heavy atom. The van der Waals surface area contributed by atoms with Gasteiger partial charge in [-0.1, -0.05) is 33.6 Å². The zero-order chi connectivity index (χ0) is 12.4. The van der Waals surface area contributed by atoms with E-state index in [1.807, 2.05) is 0 Å². The van der Waals surface area contributed by atoms with Crippen molar-refractivity contribution < 1.29 is 4.79 Å². The van der Waals surface area contributed by atoms with Crippen LogP contribution in [0.5, 0.6) is 0 Å². The fraction of sp³-hybridized carbons (Fsp3) is 0.929. The summed E-state index contributed by atoms with van der Waals surface area (Å²) in [7, 11) is 0. The van der Waals surface area contributed by atoms with Gasteiger partial charge >= 0.3 is 0 Å². The van der Waals surface area contributed by atoms with Gasteiger partial charge in [-0.05, 0) is 30.7 Å². The largest absolute Gasteiger partial charge is 0.353 e. The second kappa shape index (κ2) is 5.38. The molecule has 3 nitrogen and oxygen atoms in total. The minimum Gasteiger partial charge on any atom is -0.353 e. The summed E-state index contributed by atoms with van der Waals surface area (Å²) in [4.78, 5) is 12.2. The number of carbonyl (C=O) groups excluding carboxylic acids is 1. The van der Waals surface area contributed by atoms with Gasteiger partial charge in [-0.2, -0.15) is 0 Å². The van der Waals surface area contributed by atoms with Gasteiger partial charge in [0, 0.05) is 12.6 Å². The lowest BCUT2D eigenvalue weighted by Gasteiger charge is -2.35. The molecule has 1 heterocycles. The Kier molecular flexibility index (Phi) is 4.08. The van der Waals surface area contributed by atoms with Crippen LogP contribution in [0.4, 0.5) is 0 Å². The third kappa shape index (κ3) is 2.82. The standard InChI is InChI=1S/C14H26N2O/c1-9-5-4-6-13(11(9)3)16-14(17)12-8-15-7-10(12)2/h9-13,15H,4-8H2,1-3H3,(H,16,17)/t9?,10-,11?,12-,13?/m1/s1. The maximum Gasteiger partial charge on any atom is 0.224 e. The Labute approximate surface area is 105 Å². The van der Waals surface area contributed by atoms with E-state index in [0.29, 0.717) is 17.9 Å². The van der Waals surface area contributed by atoms with Crippen molar-refractivity contribution >= 4 is 5.91 Å². The second-order valence-corrected chi connectivity index (χ2v) is 6.12. The molecule has 2 rings (SSSR count). The highest BCUT2D eigenvalue weighted by molar-refractivity contribution is 5.79. The van der Waals surface area contributed by atoms with Gasteiger partial charge in [0.05, 0.1) is 5.92 Å². The molecule has 17 heavy (non-hydrogen) atoms. The van der Waals surface area contributed by atoms with Crippen molar-refractivity contribution in [3.63, 3.8) is 0 Å². The average molecular weight is 238 g/mol. The van der Waals surface area contributed by atoms with Crippen LogP contribution in [0.1, 0.15) is 40.0 Å². The van der Waals surface area contributed by atoms with E-state index in [0.717, 1.165) is 25.4 Å². The summed E-state index contributed by atoms with van der Waals surface area (Å²) < 4.78 is 0. The van der Waals surface area contributed by atoms with Crippen LogP contribution in [-0.2, 0) is 4.79 Å². The topological polar surface area (TPSA) is 41.1 Å². The third-order valence-electron chi connectivity index (χ3n) is 4.89. The molecule has 5 atom stereocenters. The molecule has 0 aromatic rings. The fourth-order valence-corrected chi connectivity index (χ4v) is 3.24. The van der Waals surface area contributed by atoms with Crippen molar-refractivity contribution in [2.75, 3.05) is 13.1 Å². The molecular formula is C14H26N2O. The quantitative estimate of drug-likeness (QED) is 0.770. The Hall–Kier alpha value is -0.570. The van der Waals surface area contributed by atoms with Crippen LogP contribution in [0.25, 0.3) is 0 Å². The van der Waals surface area contributed by atoms with Gasteiger partial charge in [0.2, 0.25) is 5.91 Å². The molecule has 1 aliphatic heterocycles. The van der Waals surface area contributed by atoms with Crippen molar-refractivity contribution in [3.05, 3.63) is 0 Å². The number of carbonyl (C=O) groups is 1. The first kappa shape index (κ1) is 12.9. The van der Waals surface area contributed by atoms with Crippen LogP contribution in [0.2, 0.25) is 0 Å². The zero-order valence-electron chi connectivity index (χ0n) is 11.3. The van der Waals surface area contributed by atoms with Gasteiger partial charge in [0.1, 0.15) is 0 Å². The molecule has 0 spiro atoms. The molecule has 1 aliphatic carbocycles. The monoisotopic (exact) mass is 238 g/mol. The summed E-state index contributed by atoms with van der Waals surface area (Å²) in [6.07, 6.45) is 3.73. The van der Waals surface area contributed by atoms with Crippen LogP contribution >= 0.6 is 0 Å². The van der Waals surface area contributed by atoms with Crippen LogP contribution in [0.15, 0.2) is 0 Å². The second-order valence-electron chi connectivity index (χ2n) is 6.12. The predicted octanol–water partition coefficient (Wildman–Crippen LogP) is 1.78. The first-order chi connectivity index (χ1) is 8.09. The van der Waals surface area contributed by atoms with Crippen LogP contribution in [-0.4, -0.2) is 25.0 Å². The molecule has 0 bridgehead atoms. The molecule has 0 radical (unpaired) electrons. The highest BCUT2D eigenvalue weighted by Crippen LogP contribution is 2.30. The lowest BCUT2D eigenvalue weighted by atomic mass is 9.78. The van der Waals surface area contributed by atoms with E-state index in [4.69, 9.17) is 0 Å². The van der Waals surface area contributed by atoms with E-state index in [2.05, 4.69) is 31.4 Å². The van der Waals surface area contributed by atoms with Gasteiger partial charge in [-0.3, -0.25) is 4.79 Å². The number of nitrogens with one attached hydrogen (secondary N) is 2. The number of hydrogen-bond donors (Lipinski definition) is 2. The Morgan fingerprint density at radius 2 is 1.88 bits per heavy atom. The third-order valence-corrected chi connectivity index (χ3v) is 4.89. The molecule has 3 unspecified atom stereocenters. The first-order valence-electron chi connectivity index (χ1n) is 7.10. The number of rotatable bonds is 2. The van der Waals surface area contributed by atoms with E-state index < -0.39 is 0 Å². The fourth-order valence-electron chi connectivity index (χ4n) is 3.24. The van der Waals surface area contributed by atoms with Gasteiger partial charge in [-0.15, -0.1) is 0 Å². The van der Waals surface area contributed by atoms with E-state index in [1.165, 1.54) is 12.8 Å². The number of amides is 1. The summed E-state index contributed by atoms with van der Waals surface area (Å²) in [5.74, 6) is 2.30. The summed E-state index contributed by atoms with van der Waals surface area (Å²) in [5, 5.41) is 6.59. The first-order valence-corrected chi connectivity index (χ1v) is 7.10. The SMILES string of the molecule is CC1CCCC(NC(=O)[C@@H]2CNC[C@H]2C)C1C. The molecule has 3 heteroatoms. The predicted molar refractivity (Wildman–Crippen MR) is 69.6 cm³/mol. The highest BCUT2D eigenvalue weighted by Gasteiger charge is 2.33. The van der Waals surface area contributed by atoms with Gasteiger partial charge < -0.3 is 10.6 Å². The van der Waals surface area contributed by atoms with Crippen molar-refractivity contribution in [1.82, 2.24) is 10.6 Å². The summed E-state index contributed by atoms with van der Waals surface area (Å²) >= 11 is 0. The van der Waals surface area contributed by atoms with Crippen LogP contribution < -0.4 is 10.6 Å². The normalized spacial score (nSPS) is 42.4. The highest BCUT2D eigenvalue weighted by atomic mass is 16.2. The molecular weight excluding hydrogens is 212 g/mol. The van der Waals surface area contributed by atoms with E-state index in [9.17, 15) is 4.79 Å². The van der Waals surface area contributed by atoms with E-state index in [1.54, 1.807) is 0 Å². The smallest absolute Gasteiger partial charge is 0.224 e. The van der Waals surface area contributed by atoms with Crippen molar-refractivity contribution in [3.8, 4) is 0 Å². The maximum absolute atomic E-state index is 12.2. The van der Waals surface area contributed by atoms with Crippen molar-refractivity contribution in [2.45, 2.75) is 46.1 Å².